The molecule has 0 aromatic heterocycles. The molecule has 2 heteroatoms. The van der Waals surface area contributed by atoms with Crippen molar-refractivity contribution in [3.05, 3.63) is 60.7 Å². The summed E-state index contributed by atoms with van der Waals surface area (Å²) in [7, 11) is 1.98. The average molecular weight is 199 g/mol. The van der Waals surface area contributed by atoms with E-state index >= 15 is 0 Å². The molecule has 2 rings (SSSR count). The molecule has 0 unspecified atom stereocenters. The molecule has 0 aliphatic rings. The predicted octanol–water partition coefficient (Wildman–Crippen LogP) is 2.83. The first-order chi connectivity index (χ1) is 7.21. The Labute approximate surface area is 90.1 Å². The van der Waals surface area contributed by atoms with Crippen molar-refractivity contribution in [2.45, 2.75) is 0 Å². The summed E-state index contributed by atoms with van der Waals surface area (Å²) >= 11 is 0. The van der Waals surface area contributed by atoms with Crippen LogP contribution in [0.25, 0.3) is 0 Å². The molecular formula is C13H15N2+. The summed E-state index contributed by atoms with van der Waals surface area (Å²) in [5.41, 5.74) is 2.15. The first kappa shape index (κ1) is 9.90. The van der Waals surface area contributed by atoms with E-state index in [1.54, 1.807) is 0 Å². The largest absolute Gasteiger partial charge is 0.187 e. The van der Waals surface area contributed by atoms with Crippen molar-refractivity contribution in [3.63, 3.8) is 0 Å². The Bertz CT molecular complexity index is 379. The van der Waals surface area contributed by atoms with Crippen molar-refractivity contribution in [3.8, 4) is 0 Å². The minimum Gasteiger partial charge on any atom is -0.187 e. The summed E-state index contributed by atoms with van der Waals surface area (Å²) in [6, 6.07) is 20.1. The molecule has 0 atom stereocenters. The van der Waals surface area contributed by atoms with E-state index in [1.807, 2.05) is 67.7 Å². The van der Waals surface area contributed by atoms with Gasteiger partial charge in [-0.1, -0.05) is 36.4 Å². The number of hydrogen-bond donors (Lipinski definition) is 1. The molecule has 0 aliphatic heterocycles. The van der Waals surface area contributed by atoms with Gasteiger partial charge >= 0.3 is 0 Å². The monoisotopic (exact) mass is 199 g/mol. The number of quaternary nitrogens is 1. The molecular weight excluding hydrogens is 184 g/mol. The standard InChI is InChI=1S/C13H15N2/c1-15(14,12-8-4-2-5-9-12)13-10-6-3-7-11-13/h2-11H,14H2,1H3/q+1. The summed E-state index contributed by atoms with van der Waals surface area (Å²) in [4.78, 5) is 0. The molecule has 0 saturated carbocycles. The van der Waals surface area contributed by atoms with Gasteiger partial charge < -0.3 is 0 Å². The van der Waals surface area contributed by atoms with Gasteiger partial charge in [-0.3, -0.25) is 0 Å². The molecule has 0 bridgehead atoms. The third kappa shape index (κ3) is 1.91. The molecule has 15 heavy (non-hydrogen) atoms. The average Bonchev–Trinajstić information content (AvgIpc) is 2.31. The van der Waals surface area contributed by atoms with Gasteiger partial charge in [-0.25, -0.2) is 0 Å². The maximum Gasteiger partial charge on any atom is 0.156 e. The summed E-state index contributed by atoms with van der Waals surface area (Å²) in [5.74, 6) is 6.30. The maximum absolute atomic E-state index is 6.30. The minimum absolute atomic E-state index is 0.279. The molecule has 2 N–H and O–H groups in total. The van der Waals surface area contributed by atoms with Gasteiger partial charge in [-0.15, -0.1) is 0 Å². The van der Waals surface area contributed by atoms with Crippen LogP contribution in [0.4, 0.5) is 11.4 Å². The smallest absolute Gasteiger partial charge is 0.156 e. The van der Waals surface area contributed by atoms with Crippen LogP contribution in [0.2, 0.25) is 0 Å². The van der Waals surface area contributed by atoms with Gasteiger partial charge in [0.05, 0.1) is 7.05 Å². The van der Waals surface area contributed by atoms with Gasteiger partial charge in [-0.05, 0) is 0 Å². The van der Waals surface area contributed by atoms with E-state index in [1.165, 1.54) is 0 Å². The van der Waals surface area contributed by atoms with Crippen LogP contribution in [0.1, 0.15) is 0 Å². The van der Waals surface area contributed by atoms with E-state index in [2.05, 4.69) is 0 Å². The van der Waals surface area contributed by atoms with Crippen LogP contribution in [0.5, 0.6) is 0 Å². The highest BCUT2D eigenvalue weighted by Crippen LogP contribution is 2.27. The van der Waals surface area contributed by atoms with Crippen LogP contribution in [0.3, 0.4) is 0 Å². The summed E-state index contributed by atoms with van der Waals surface area (Å²) in [6.45, 7) is 0. The SMILES string of the molecule is C[N+](N)(c1ccccc1)c1ccccc1. The van der Waals surface area contributed by atoms with Crippen LogP contribution in [-0.2, 0) is 0 Å². The number of benzene rings is 2. The van der Waals surface area contributed by atoms with Crippen LogP contribution in [0, 0.1) is 0 Å². The Morgan fingerprint density at radius 3 is 1.40 bits per heavy atom. The van der Waals surface area contributed by atoms with Crippen molar-refractivity contribution in [1.29, 1.82) is 0 Å². The van der Waals surface area contributed by atoms with E-state index in [0.29, 0.717) is 0 Å². The Hall–Kier alpha value is -1.64. The molecule has 2 nitrogen and oxygen atoms in total. The van der Waals surface area contributed by atoms with E-state index in [9.17, 15) is 0 Å². The van der Waals surface area contributed by atoms with Gasteiger partial charge in [0.15, 0.2) is 11.4 Å². The zero-order chi connectivity index (χ0) is 10.7. The Kier molecular flexibility index (Phi) is 2.54. The zero-order valence-corrected chi connectivity index (χ0v) is 8.80. The maximum atomic E-state index is 6.30. The summed E-state index contributed by atoms with van der Waals surface area (Å²) in [6.07, 6.45) is 0. The molecule has 2 aromatic carbocycles. The normalized spacial score (nSPS) is 11.3. The topological polar surface area (TPSA) is 26.0 Å². The van der Waals surface area contributed by atoms with E-state index in [-0.39, 0.29) is 4.59 Å². The lowest BCUT2D eigenvalue weighted by atomic mass is 10.2. The fraction of sp³-hybridized carbons (Fsp3) is 0.0769. The van der Waals surface area contributed by atoms with Crippen LogP contribution < -0.4 is 10.4 Å². The first-order valence-electron chi connectivity index (χ1n) is 4.97. The van der Waals surface area contributed by atoms with Gasteiger partial charge in [0.1, 0.15) is 0 Å². The van der Waals surface area contributed by atoms with Crippen molar-refractivity contribution < 1.29 is 0 Å². The molecule has 0 saturated heterocycles. The van der Waals surface area contributed by atoms with Gasteiger partial charge in [-0.2, -0.15) is 10.4 Å². The number of rotatable bonds is 2. The Morgan fingerprint density at radius 1 is 0.733 bits per heavy atom. The lowest BCUT2D eigenvalue weighted by molar-refractivity contribution is 0.482. The molecule has 2 aromatic rings. The highest BCUT2D eigenvalue weighted by Gasteiger charge is 2.22. The highest BCUT2D eigenvalue weighted by atomic mass is 15.6. The lowest BCUT2D eigenvalue weighted by Crippen LogP contribution is -2.46. The van der Waals surface area contributed by atoms with Crippen LogP contribution >= 0.6 is 0 Å². The van der Waals surface area contributed by atoms with Crippen molar-refractivity contribution in [2.24, 2.45) is 5.84 Å². The van der Waals surface area contributed by atoms with Gasteiger partial charge in [0.25, 0.3) is 0 Å². The van der Waals surface area contributed by atoms with Gasteiger partial charge in [0, 0.05) is 24.3 Å². The number of hydrogen-bond acceptors (Lipinski definition) is 1. The number of para-hydroxylation sites is 2. The highest BCUT2D eigenvalue weighted by molar-refractivity contribution is 5.55. The Morgan fingerprint density at radius 2 is 1.07 bits per heavy atom. The molecule has 0 aliphatic carbocycles. The van der Waals surface area contributed by atoms with Crippen LogP contribution in [-0.4, -0.2) is 7.05 Å². The number of nitrogens with zero attached hydrogens (tertiary/aromatic N) is 1. The number of nitrogens with two attached hydrogens (primary N) is 1. The molecule has 0 radical (unpaired) electrons. The first-order valence-corrected chi connectivity index (χ1v) is 4.97. The summed E-state index contributed by atoms with van der Waals surface area (Å²) in [5, 5.41) is 0. The predicted molar refractivity (Wildman–Crippen MR) is 64.4 cm³/mol. The molecule has 76 valence electrons. The second-order valence-corrected chi connectivity index (χ2v) is 3.75. The second-order valence-electron chi connectivity index (χ2n) is 3.75. The fourth-order valence-corrected chi connectivity index (χ4v) is 1.62. The molecule has 0 heterocycles. The third-order valence-electron chi connectivity index (χ3n) is 2.59. The second kappa shape index (κ2) is 3.85. The van der Waals surface area contributed by atoms with Crippen molar-refractivity contribution in [1.82, 2.24) is 4.59 Å². The van der Waals surface area contributed by atoms with E-state index in [4.69, 9.17) is 5.84 Å². The molecule has 0 fully saturated rings. The fourth-order valence-electron chi connectivity index (χ4n) is 1.62. The van der Waals surface area contributed by atoms with Crippen molar-refractivity contribution >= 4 is 11.4 Å². The van der Waals surface area contributed by atoms with Crippen LogP contribution in [0.15, 0.2) is 60.7 Å². The Balaban J connectivity index is 2.44. The lowest BCUT2D eigenvalue weighted by Gasteiger charge is -2.26. The van der Waals surface area contributed by atoms with Crippen molar-refractivity contribution in [2.75, 3.05) is 7.05 Å². The molecule has 0 amide bonds. The quantitative estimate of drug-likeness (QED) is 0.449. The van der Waals surface area contributed by atoms with Gasteiger partial charge in [0.2, 0.25) is 0 Å². The molecule has 0 spiro atoms. The zero-order valence-electron chi connectivity index (χ0n) is 8.80. The third-order valence-corrected chi connectivity index (χ3v) is 2.59. The minimum atomic E-state index is 0.279. The van der Waals surface area contributed by atoms with E-state index < -0.39 is 0 Å². The summed E-state index contributed by atoms with van der Waals surface area (Å²) < 4.78 is 0.279. The van der Waals surface area contributed by atoms with E-state index in [0.717, 1.165) is 11.4 Å².